The molecule has 1 aliphatic carbocycles. The Labute approximate surface area is 169 Å². The van der Waals surface area contributed by atoms with E-state index in [1.807, 2.05) is 30.3 Å². The number of nitrogens with zero attached hydrogens (tertiary/aromatic N) is 2. The van der Waals surface area contributed by atoms with Gasteiger partial charge in [-0.15, -0.1) is 0 Å². The second-order valence-electron chi connectivity index (χ2n) is 6.96. The number of rotatable bonds is 6. The van der Waals surface area contributed by atoms with Gasteiger partial charge in [0.05, 0.1) is 10.3 Å². The van der Waals surface area contributed by atoms with E-state index in [-0.39, 0.29) is 16.8 Å². The summed E-state index contributed by atoms with van der Waals surface area (Å²) in [6.07, 6.45) is 5.51. The molecule has 1 saturated carbocycles. The van der Waals surface area contributed by atoms with Crippen LogP contribution in [0.2, 0.25) is 0 Å². The molecule has 7 nitrogen and oxygen atoms in total. The molecule has 0 atom stereocenters. The van der Waals surface area contributed by atoms with Crippen LogP contribution in [0.1, 0.15) is 24.8 Å². The number of amides is 1. The maximum Gasteiger partial charge on any atom is 0.264 e. The fourth-order valence-corrected chi connectivity index (χ4v) is 4.39. The molecule has 8 heteroatoms. The summed E-state index contributed by atoms with van der Waals surface area (Å²) in [6.45, 7) is 0. The number of nitrogens with one attached hydrogen (secondary N) is 2. The highest BCUT2D eigenvalue weighted by Crippen LogP contribution is 2.44. The van der Waals surface area contributed by atoms with Gasteiger partial charge in [0, 0.05) is 18.1 Å². The molecule has 0 radical (unpaired) electrons. The number of benzene rings is 2. The van der Waals surface area contributed by atoms with Gasteiger partial charge in [-0.2, -0.15) is 0 Å². The fourth-order valence-electron chi connectivity index (χ4n) is 3.43. The van der Waals surface area contributed by atoms with E-state index in [4.69, 9.17) is 0 Å². The minimum Gasteiger partial charge on any atom is -0.325 e. The Kier molecular flexibility index (Phi) is 5.02. The quantitative estimate of drug-likeness (QED) is 0.651. The van der Waals surface area contributed by atoms with Gasteiger partial charge in [-0.3, -0.25) is 4.79 Å². The van der Waals surface area contributed by atoms with Gasteiger partial charge in [0.15, 0.2) is 0 Å². The van der Waals surface area contributed by atoms with E-state index in [2.05, 4.69) is 20.0 Å². The maximum absolute atomic E-state index is 13.0. The van der Waals surface area contributed by atoms with Crippen molar-refractivity contribution >= 4 is 27.6 Å². The number of carbonyl (C=O) groups excluding carboxylic acids is 1. The van der Waals surface area contributed by atoms with Gasteiger partial charge in [0.2, 0.25) is 11.9 Å². The Morgan fingerprint density at radius 2 is 1.55 bits per heavy atom. The van der Waals surface area contributed by atoms with Crippen molar-refractivity contribution < 1.29 is 13.2 Å². The van der Waals surface area contributed by atoms with E-state index in [1.54, 1.807) is 18.2 Å². The molecule has 1 amide bonds. The van der Waals surface area contributed by atoms with Crippen LogP contribution in [-0.2, 0) is 20.2 Å². The highest BCUT2D eigenvalue weighted by molar-refractivity contribution is 7.92. The molecule has 1 aromatic heterocycles. The summed E-state index contributed by atoms with van der Waals surface area (Å²) >= 11 is 0. The van der Waals surface area contributed by atoms with Crippen LogP contribution >= 0.6 is 0 Å². The molecule has 4 rings (SSSR count). The van der Waals surface area contributed by atoms with E-state index in [1.165, 1.54) is 24.5 Å². The number of hydrogen-bond acceptors (Lipinski definition) is 5. The van der Waals surface area contributed by atoms with Gasteiger partial charge in [0.1, 0.15) is 0 Å². The predicted octanol–water partition coefficient (Wildman–Crippen LogP) is 3.34. The van der Waals surface area contributed by atoms with Gasteiger partial charge in [-0.05, 0) is 48.7 Å². The van der Waals surface area contributed by atoms with Crippen LogP contribution in [0, 0.1) is 0 Å². The lowest BCUT2D eigenvalue weighted by Crippen LogP contribution is -2.45. The lowest BCUT2D eigenvalue weighted by Gasteiger charge is -2.40. The monoisotopic (exact) mass is 408 g/mol. The Balaban J connectivity index is 1.49. The molecule has 2 aromatic carbocycles. The van der Waals surface area contributed by atoms with Gasteiger partial charge < -0.3 is 5.32 Å². The van der Waals surface area contributed by atoms with Gasteiger partial charge in [-0.25, -0.2) is 23.1 Å². The van der Waals surface area contributed by atoms with Crippen LogP contribution in [0.15, 0.2) is 78.0 Å². The largest absolute Gasteiger partial charge is 0.325 e. The van der Waals surface area contributed by atoms with E-state index in [9.17, 15) is 13.2 Å². The molecular formula is C21H20N4O3S. The SMILES string of the molecule is O=C(Nc1ccc(S(=O)(=O)Nc2ncccn2)cc1)C1(c2ccccc2)CCC1. The van der Waals surface area contributed by atoms with E-state index in [0.717, 1.165) is 24.8 Å². The zero-order valence-electron chi connectivity index (χ0n) is 15.6. The minimum absolute atomic E-state index is 0.000310. The van der Waals surface area contributed by atoms with Crippen LogP contribution in [0.4, 0.5) is 11.6 Å². The zero-order chi connectivity index (χ0) is 20.3. The Morgan fingerprint density at radius 1 is 0.897 bits per heavy atom. The summed E-state index contributed by atoms with van der Waals surface area (Å²) in [5.41, 5.74) is 1.04. The van der Waals surface area contributed by atoms with Crippen molar-refractivity contribution in [2.75, 3.05) is 10.0 Å². The molecule has 29 heavy (non-hydrogen) atoms. The number of sulfonamides is 1. The summed E-state index contributed by atoms with van der Waals surface area (Å²) in [4.78, 5) is 20.8. The fraction of sp³-hybridized carbons (Fsp3) is 0.190. The maximum atomic E-state index is 13.0. The average molecular weight is 408 g/mol. The van der Waals surface area contributed by atoms with Crippen LogP contribution in [0.3, 0.4) is 0 Å². The smallest absolute Gasteiger partial charge is 0.264 e. The summed E-state index contributed by atoms with van der Waals surface area (Å²) in [5.74, 6) is -0.0685. The second-order valence-corrected chi connectivity index (χ2v) is 8.64. The molecule has 148 valence electrons. The number of hydrogen-bond donors (Lipinski definition) is 2. The third kappa shape index (κ3) is 3.84. The molecule has 3 aromatic rings. The molecule has 0 bridgehead atoms. The van der Waals surface area contributed by atoms with E-state index >= 15 is 0 Å². The molecule has 2 N–H and O–H groups in total. The van der Waals surface area contributed by atoms with Gasteiger partial charge >= 0.3 is 0 Å². The predicted molar refractivity (Wildman–Crippen MR) is 110 cm³/mol. The van der Waals surface area contributed by atoms with Crippen LogP contribution in [-0.4, -0.2) is 24.3 Å². The van der Waals surface area contributed by atoms with Crippen molar-refractivity contribution in [3.63, 3.8) is 0 Å². The first-order valence-corrected chi connectivity index (χ1v) is 10.7. The molecule has 0 saturated heterocycles. The summed E-state index contributed by atoms with van der Waals surface area (Å²) in [6, 6.07) is 17.4. The summed E-state index contributed by atoms with van der Waals surface area (Å²) < 4.78 is 27.2. The van der Waals surface area contributed by atoms with Gasteiger partial charge in [-0.1, -0.05) is 36.8 Å². The van der Waals surface area contributed by atoms with Crippen molar-refractivity contribution in [3.8, 4) is 0 Å². The molecule has 0 aliphatic heterocycles. The molecule has 0 unspecified atom stereocenters. The minimum atomic E-state index is -3.81. The molecular weight excluding hydrogens is 388 g/mol. The standard InChI is InChI=1S/C21H20N4O3S/c26-19(21(12-4-13-21)16-6-2-1-3-7-16)24-17-8-10-18(11-9-17)29(27,28)25-20-22-14-5-15-23-20/h1-3,5-11,14-15H,4,12-13H2,(H,24,26)(H,22,23,25). The summed E-state index contributed by atoms with van der Waals surface area (Å²) in [5, 5.41) is 2.93. The number of carbonyl (C=O) groups is 1. The molecule has 1 fully saturated rings. The first-order valence-electron chi connectivity index (χ1n) is 9.27. The number of aromatic nitrogens is 2. The second kappa shape index (κ2) is 7.63. The lowest BCUT2D eigenvalue weighted by atomic mass is 9.64. The highest BCUT2D eigenvalue weighted by Gasteiger charge is 2.45. The van der Waals surface area contributed by atoms with Crippen molar-refractivity contribution in [1.29, 1.82) is 0 Å². The number of anilines is 2. The van der Waals surface area contributed by atoms with Crippen molar-refractivity contribution in [3.05, 3.63) is 78.6 Å². The van der Waals surface area contributed by atoms with E-state index < -0.39 is 15.4 Å². The van der Waals surface area contributed by atoms with Crippen molar-refractivity contribution in [1.82, 2.24) is 9.97 Å². The van der Waals surface area contributed by atoms with E-state index in [0.29, 0.717) is 5.69 Å². The molecule has 1 heterocycles. The Morgan fingerprint density at radius 3 is 2.14 bits per heavy atom. The Hall–Kier alpha value is -3.26. The Bertz CT molecular complexity index is 1100. The average Bonchev–Trinajstić information content (AvgIpc) is 2.69. The van der Waals surface area contributed by atoms with Crippen LogP contribution in [0.25, 0.3) is 0 Å². The molecule has 1 aliphatic rings. The summed E-state index contributed by atoms with van der Waals surface area (Å²) in [7, 11) is -3.81. The van der Waals surface area contributed by atoms with Crippen LogP contribution < -0.4 is 10.0 Å². The lowest BCUT2D eigenvalue weighted by molar-refractivity contribution is -0.124. The normalized spacial score (nSPS) is 15.2. The van der Waals surface area contributed by atoms with Crippen LogP contribution in [0.5, 0.6) is 0 Å². The first kappa shape index (κ1) is 19.1. The van der Waals surface area contributed by atoms with Crippen molar-refractivity contribution in [2.45, 2.75) is 29.6 Å². The molecule has 0 spiro atoms. The first-order chi connectivity index (χ1) is 14.0. The highest BCUT2D eigenvalue weighted by atomic mass is 32.2. The van der Waals surface area contributed by atoms with Gasteiger partial charge in [0.25, 0.3) is 10.0 Å². The third-order valence-corrected chi connectivity index (χ3v) is 6.53. The topological polar surface area (TPSA) is 101 Å². The third-order valence-electron chi connectivity index (χ3n) is 5.18. The van der Waals surface area contributed by atoms with Crippen molar-refractivity contribution in [2.24, 2.45) is 0 Å². The zero-order valence-corrected chi connectivity index (χ0v) is 16.4.